The van der Waals surface area contributed by atoms with E-state index in [2.05, 4.69) is 10.4 Å². The van der Waals surface area contributed by atoms with Crippen LogP contribution in [0.3, 0.4) is 0 Å². The number of amides is 1. The van der Waals surface area contributed by atoms with Gasteiger partial charge in [0.05, 0.1) is 21.4 Å². The highest BCUT2D eigenvalue weighted by Gasteiger charge is 2.17. The van der Waals surface area contributed by atoms with Crippen LogP contribution in [0.2, 0.25) is 10.0 Å². The molecular formula is C19H17Cl2N3O5S. The van der Waals surface area contributed by atoms with Gasteiger partial charge in [-0.25, -0.2) is 13.1 Å². The van der Waals surface area contributed by atoms with Crippen molar-refractivity contribution in [2.24, 2.45) is 0 Å². The fourth-order valence-corrected chi connectivity index (χ4v) is 3.70. The number of aromatic hydroxyl groups is 1. The van der Waals surface area contributed by atoms with Gasteiger partial charge in [-0.1, -0.05) is 36.2 Å². The summed E-state index contributed by atoms with van der Waals surface area (Å²) in [7, 11) is -3.49. The average molecular weight is 470 g/mol. The van der Waals surface area contributed by atoms with E-state index in [9.17, 15) is 18.3 Å². The number of hydrogen-bond acceptors (Lipinski definition) is 6. The van der Waals surface area contributed by atoms with Crippen LogP contribution in [0, 0.1) is 0 Å². The Hall–Kier alpha value is -2.75. The van der Waals surface area contributed by atoms with E-state index < -0.39 is 15.7 Å². The summed E-state index contributed by atoms with van der Waals surface area (Å²) in [5, 5.41) is 17.1. The summed E-state index contributed by atoms with van der Waals surface area (Å²) < 4.78 is 30.9. The molecular weight excluding hydrogens is 453 g/mol. The van der Waals surface area contributed by atoms with Crippen molar-refractivity contribution in [3.05, 3.63) is 64.4 Å². The molecule has 0 aliphatic rings. The van der Waals surface area contributed by atoms with E-state index in [-0.39, 0.29) is 39.5 Å². The van der Waals surface area contributed by atoms with Gasteiger partial charge in [0.2, 0.25) is 0 Å². The molecule has 30 heavy (non-hydrogen) atoms. The van der Waals surface area contributed by atoms with Gasteiger partial charge in [0.1, 0.15) is 16.5 Å². The van der Waals surface area contributed by atoms with Gasteiger partial charge < -0.3 is 15.2 Å². The molecule has 0 saturated carbocycles. The lowest BCUT2D eigenvalue weighted by atomic mass is 10.3. The van der Waals surface area contributed by atoms with Gasteiger partial charge in [-0.05, 0) is 36.4 Å². The Balaban J connectivity index is 1.71. The van der Waals surface area contributed by atoms with Crippen LogP contribution in [0.5, 0.6) is 11.5 Å². The fraction of sp³-hybridized carbons (Fsp3) is 0.158. The number of hydrogen-bond donors (Lipinski definition) is 2. The number of benzene rings is 2. The third-order valence-corrected chi connectivity index (χ3v) is 6.63. The lowest BCUT2D eigenvalue weighted by Gasteiger charge is -2.09. The summed E-state index contributed by atoms with van der Waals surface area (Å²) in [4.78, 5) is 12.5. The van der Waals surface area contributed by atoms with Gasteiger partial charge in [-0.3, -0.25) is 4.79 Å². The maximum atomic E-state index is 12.5. The second-order valence-electron chi connectivity index (χ2n) is 6.10. The Morgan fingerprint density at radius 1 is 1.23 bits per heavy atom. The molecule has 3 aromatic rings. The molecule has 0 saturated heterocycles. The first-order chi connectivity index (χ1) is 14.2. The number of carbonyl (C=O) groups excluding carboxylic acids is 1. The van der Waals surface area contributed by atoms with Crippen LogP contribution >= 0.6 is 23.2 Å². The highest BCUT2D eigenvalue weighted by atomic mass is 35.5. The van der Waals surface area contributed by atoms with Crippen LogP contribution < -0.4 is 10.1 Å². The minimum atomic E-state index is -3.49. The van der Waals surface area contributed by atoms with E-state index in [0.717, 1.165) is 0 Å². The maximum Gasteiger partial charge on any atom is 0.276 e. The zero-order valence-electron chi connectivity index (χ0n) is 15.7. The first kappa shape index (κ1) is 21.9. The van der Waals surface area contributed by atoms with Crippen molar-refractivity contribution in [2.75, 3.05) is 11.1 Å². The first-order valence-electron chi connectivity index (χ1n) is 8.68. The second-order valence-corrected chi connectivity index (χ2v) is 9.17. The number of nitrogens with one attached hydrogen (secondary N) is 1. The van der Waals surface area contributed by atoms with Crippen molar-refractivity contribution in [1.82, 2.24) is 9.78 Å². The number of phenolic OH excluding ortho intramolecular Hbond substituents is 1. The highest BCUT2D eigenvalue weighted by Crippen LogP contribution is 2.31. The van der Waals surface area contributed by atoms with E-state index in [4.69, 9.17) is 27.9 Å². The summed E-state index contributed by atoms with van der Waals surface area (Å²) in [6.45, 7) is 1.48. The van der Waals surface area contributed by atoms with Gasteiger partial charge in [0, 0.05) is 6.20 Å². The lowest BCUT2D eigenvalue weighted by Crippen LogP contribution is -2.15. The zero-order chi connectivity index (χ0) is 21.9. The number of anilines is 1. The van der Waals surface area contributed by atoms with Gasteiger partial charge in [0.15, 0.2) is 22.3 Å². The van der Waals surface area contributed by atoms with Crippen LogP contribution in [0.25, 0.3) is 0 Å². The Labute approximate surface area is 182 Å². The Morgan fingerprint density at radius 3 is 2.73 bits per heavy atom. The minimum absolute atomic E-state index is 0.00423. The third kappa shape index (κ3) is 4.86. The highest BCUT2D eigenvalue weighted by molar-refractivity contribution is 7.91. The SMILES string of the molecule is CCS(=O)(=O)c1ccc(O)c(NC(=O)c2ccn(COc3cccc(Cl)c3Cl)n2)c1. The summed E-state index contributed by atoms with van der Waals surface area (Å²) >= 11 is 12.0. The zero-order valence-corrected chi connectivity index (χ0v) is 18.0. The summed E-state index contributed by atoms with van der Waals surface area (Å²) in [5.74, 6) is -0.635. The molecule has 0 fully saturated rings. The van der Waals surface area contributed by atoms with Gasteiger partial charge in [-0.15, -0.1) is 0 Å². The quantitative estimate of drug-likeness (QED) is 0.506. The van der Waals surface area contributed by atoms with Crippen LogP contribution in [0.1, 0.15) is 17.4 Å². The smallest absolute Gasteiger partial charge is 0.276 e. The topological polar surface area (TPSA) is 111 Å². The standard InChI is InChI=1S/C19H17Cl2N3O5S/c1-2-30(27,28)12-6-7-16(25)15(10-12)22-19(26)14-8-9-24(23-14)11-29-17-5-3-4-13(20)18(17)21/h3-10,25H,2,11H2,1H3,(H,22,26). The van der Waals surface area contributed by atoms with Crippen LogP contribution in [-0.4, -0.2) is 35.0 Å². The maximum absolute atomic E-state index is 12.5. The van der Waals surface area contributed by atoms with Crippen LogP contribution in [-0.2, 0) is 16.6 Å². The van der Waals surface area contributed by atoms with Crippen LogP contribution in [0.15, 0.2) is 53.6 Å². The molecule has 0 atom stereocenters. The molecule has 0 aliphatic heterocycles. The van der Waals surface area contributed by atoms with Crippen molar-refractivity contribution in [2.45, 2.75) is 18.6 Å². The number of phenols is 1. The number of sulfone groups is 1. The average Bonchev–Trinajstić information content (AvgIpc) is 3.20. The summed E-state index contributed by atoms with van der Waals surface area (Å²) in [6.07, 6.45) is 1.52. The van der Waals surface area contributed by atoms with Gasteiger partial charge in [-0.2, -0.15) is 5.10 Å². The number of halogens is 2. The minimum Gasteiger partial charge on any atom is -0.506 e. The van der Waals surface area contributed by atoms with Gasteiger partial charge in [0.25, 0.3) is 5.91 Å². The molecule has 8 nitrogen and oxygen atoms in total. The molecule has 1 heterocycles. The number of nitrogens with zero attached hydrogens (tertiary/aromatic N) is 2. The van der Waals surface area contributed by atoms with E-state index in [0.29, 0.717) is 10.8 Å². The van der Waals surface area contributed by atoms with Crippen molar-refractivity contribution >= 4 is 44.6 Å². The van der Waals surface area contributed by atoms with Crippen LogP contribution in [0.4, 0.5) is 5.69 Å². The third-order valence-electron chi connectivity index (χ3n) is 4.10. The number of ether oxygens (including phenoxy) is 1. The molecule has 0 bridgehead atoms. The number of aromatic nitrogens is 2. The molecule has 3 rings (SSSR count). The molecule has 158 valence electrons. The molecule has 2 aromatic carbocycles. The molecule has 0 spiro atoms. The molecule has 0 aliphatic carbocycles. The second kappa shape index (κ2) is 8.95. The van der Waals surface area contributed by atoms with Crippen molar-refractivity contribution < 1.29 is 23.1 Å². The summed E-state index contributed by atoms with van der Waals surface area (Å²) in [6, 6.07) is 10.1. The largest absolute Gasteiger partial charge is 0.506 e. The molecule has 2 N–H and O–H groups in total. The normalized spacial score (nSPS) is 11.3. The van der Waals surface area contributed by atoms with E-state index >= 15 is 0 Å². The number of carbonyl (C=O) groups is 1. The predicted octanol–water partition coefficient (Wildman–Crippen LogP) is 3.98. The van der Waals surface area contributed by atoms with Crippen molar-refractivity contribution in [3.63, 3.8) is 0 Å². The molecule has 0 radical (unpaired) electrons. The molecule has 0 unspecified atom stereocenters. The predicted molar refractivity (Wildman–Crippen MR) is 113 cm³/mol. The first-order valence-corrected chi connectivity index (χ1v) is 11.1. The number of rotatable bonds is 7. The summed E-state index contributed by atoms with van der Waals surface area (Å²) in [5.41, 5.74) is 0.00461. The Kier molecular flexibility index (Phi) is 6.55. The monoisotopic (exact) mass is 469 g/mol. The Morgan fingerprint density at radius 2 is 2.00 bits per heavy atom. The van der Waals surface area contributed by atoms with Crippen molar-refractivity contribution in [1.29, 1.82) is 0 Å². The van der Waals surface area contributed by atoms with E-state index in [1.807, 2.05) is 0 Å². The van der Waals surface area contributed by atoms with E-state index in [1.54, 1.807) is 18.2 Å². The van der Waals surface area contributed by atoms with Crippen molar-refractivity contribution in [3.8, 4) is 11.5 Å². The molecule has 1 aromatic heterocycles. The lowest BCUT2D eigenvalue weighted by molar-refractivity contribution is 0.101. The molecule has 11 heteroatoms. The Bertz CT molecular complexity index is 1190. The van der Waals surface area contributed by atoms with Gasteiger partial charge >= 0.3 is 0 Å². The molecule has 1 amide bonds. The fourth-order valence-electron chi connectivity index (χ4n) is 2.45. The van der Waals surface area contributed by atoms with E-state index in [1.165, 1.54) is 42.1 Å².